The summed E-state index contributed by atoms with van der Waals surface area (Å²) in [4.78, 5) is 7.48. The van der Waals surface area contributed by atoms with Crippen LogP contribution in [0.25, 0.3) is 22.4 Å². The Morgan fingerprint density at radius 1 is 1.22 bits per heavy atom. The van der Waals surface area contributed by atoms with E-state index in [-0.39, 0.29) is 5.82 Å². The number of rotatable bonds is 1. The van der Waals surface area contributed by atoms with Crippen molar-refractivity contribution in [3.63, 3.8) is 0 Å². The lowest BCUT2D eigenvalue weighted by atomic mass is 10.2. The van der Waals surface area contributed by atoms with E-state index in [2.05, 4.69) is 9.97 Å². The molecule has 0 saturated heterocycles. The number of aromatic amines is 1. The zero-order valence-corrected chi connectivity index (χ0v) is 10.4. The molecule has 18 heavy (non-hydrogen) atoms. The Balaban J connectivity index is 2.23. The number of benzene rings is 2. The van der Waals surface area contributed by atoms with Crippen LogP contribution >= 0.6 is 11.6 Å². The Hall–Kier alpha value is -1.87. The minimum atomic E-state index is -0.292. The average Bonchev–Trinajstić information content (AvgIpc) is 2.73. The van der Waals surface area contributed by atoms with Crippen molar-refractivity contribution in [3.05, 3.63) is 52.8 Å². The molecule has 2 nitrogen and oxygen atoms in total. The second kappa shape index (κ2) is 4.10. The van der Waals surface area contributed by atoms with Crippen LogP contribution in [-0.4, -0.2) is 9.97 Å². The lowest BCUT2D eigenvalue weighted by molar-refractivity contribution is 0.630. The normalized spacial score (nSPS) is 11.1. The van der Waals surface area contributed by atoms with Crippen LogP contribution in [0.5, 0.6) is 0 Å². The highest BCUT2D eigenvalue weighted by atomic mass is 35.5. The maximum absolute atomic E-state index is 13.7. The van der Waals surface area contributed by atoms with E-state index in [1.807, 2.05) is 13.0 Å². The molecule has 0 amide bonds. The number of H-pyrrole nitrogens is 1. The molecule has 0 unspecified atom stereocenters. The molecule has 0 aliphatic heterocycles. The quantitative estimate of drug-likeness (QED) is 0.693. The van der Waals surface area contributed by atoms with Gasteiger partial charge in [0.15, 0.2) is 0 Å². The van der Waals surface area contributed by atoms with Crippen molar-refractivity contribution < 1.29 is 4.39 Å². The molecule has 0 aliphatic rings. The maximum atomic E-state index is 13.7. The third kappa shape index (κ3) is 1.77. The molecule has 0 atom stereocenters. The van der Waals surface area contributed by atoms with E-state index in [4.69, 9.17) is 11.6 Å². The van der Waals surface area contributed by atoms with Gasteiger partial charge in [0.2, 0.25) is 0 Å². The fourth-order valence-corrected chi connectivity index (χ4v) is 2.08. The maximum Gasteiger partial charge on any atom is 0.141 e. The Kier molecular flexibility index (Phi) is 2.56. The smallest absolute Gasteiger partial charge is 0.141 e. The van der Waals surface area contributed by atoms with E-state index in [1.165, 1.54) is 6.07 Å². The van der Waals surface area contributed by atoms with Gasteiger partial charge in [0, 0.05) is 5.02 Å². The predicted molar refractivity (Wildman–Crippen MR) is 71.2 cm³/mol. The standard InChI is InChI=1S/C14H10ClFN2/c1-8-6-12-13(7-10(8)15)18-14(17-12)9-4-2-3-5-11(9)16/h2-7H,1H3,(H,17,18). The van der Waals surface area contributed by atoms with Gasteiger partial charge < -0.3 is 4.98 Å². The Morgan fingerprint density at radius 2 is 2.00 bits per heavy atom. The molecule has 0 fully saturated rings. The molecule has 3 aromatic rings. The predicted octanol–water partition coefficient (Wildman–Crippen LogP) is 4.33. The molecule has 2 aromatic carbocycles. The van der Waals surface area contributed by atoms with Crippen LogP contribution < -0.4 is 0 Å². The Morgan fingerprint density at radius 3 is 2.78 bits per heavy atom. The van der Waals surface area contributed by atoms with Crippen molar-refractivity contribution in [1.82, 2.24) is 9.97 Å². The summed E-state index contributed by atoms with van der Waals surface area (Å²) in [6, 6.07) is 10.2. The summed E-state index contributed by atoms with van der Waals surface area (Å²) in [5.74, 6) is 0.226. The number of fused-ring (bicyclic) bond motifs is 1. The van der Waals surface area contributed by atoms with Crippen LogP contribution in [0, 0.1) is 12.7 Å². The molecule has 4 heteroatoms. The zero-order chi connectivity index (χ0) is 12.7. The highest BCUT2D eigenvalue weighted by molar-refractivity contribution is 6.32. The molecule has 1 N–H and O–H groups in total. The van der Waals surface area contributed by atoms with Gasteiger partial charge in [-0.2, -0.15) is 0 Å². The van der Waals surface area contributed by atoms with Crippen molar-refractivity contribution in [2.75, 3.05) is 0 Å². The molecule has 90 valence electrons. The number of nitrogens with zero attached hydrogens (tertiary/aromatic N) is 1. The Bertz CT molecular complexity index is 695. The third-order valence-electron chi connectivity index (χ3n) is 2.89. The number of hydrogen-bond acceptors (Lipinski definition) is 1. The van der Waals surface area contributed by atoms with E-state index in [0.717, 1.165) is 16.6 Å². The first-order valence-electron chi connectivity index (χ1n) is 5.56. The van der Waals surface area contributed by atoms with Crippen LogP contribution in [-0.2, 0) is 0 Å². The molecule has 3 rings (SSSR count). The third-order valence-corrected chi connectivity index (χ3v) is 3.30. The minimum Gasteiger partial charge on any atom is -0.338 e. The summed E-state index contributed by atoms with van der Waals surface area (Å²) in [6.45, 7) is 1.92. The minimum absolute atomic E-state index is 0.292. The number of nitrogens with one attached hydrogen (secondary N) is 1. The number of aryl methyl sites for hydroxylation is 1. The highest BCUT2D eigenvalue weighted by Gasteiger charge is 2.10. The molecule has 1 aromatic heterocycles. The first-order chi connectivity index (χ1) is 8.65. The van der Waals surface area contributed by atoms with Gasteiger partial charge >= 0.3 is 0 Å². The van der Waals surface area contributed by atoms with Gasteiger partial charge in [0.05, 0.1) is 16.6 Å². The first kappa shape index (κ1) is 11.2. The summed E-state index contributed by atoms with van der Waals surface area (Å²) in [6.07, 6.45) is 0. The SMILES string of the molecule is Cc1cc2[nH]c(-c3ccccc3F)nc2cc1Cl. The lowest BCUT2D eigenvalue weighted by Crippen LogP contribution is -1.84. The number of imidazole rings is 1. The molecule has 0 spiro atoms. The van der Waals surface area contributed by atoms with Gasteiger partial charge in [-0.25, -0.2) is 9.37 Å². The van der Waals surface area contributed by atoms with Crippen LogP contribution in [0.3, 0.4) is 0 Å². The molecule has 0 radical (unpaired) electrons. The number of aromatic nitrogens is 2. The molecule has 1 heterocycles. The van der Waals surface area contributed by atoms with E-state index in [0.29, 0.717) is 16.4 Å². The van der Waals surface area contributed by atoms with Gasteiger partial charge in [-0.3, -0.25) is 0 Å². The summed E-state index contributed by atoms with van der Waals surface area (Å²) < 4.78 is 13.7. The topological polar surface area (TPSA) is 28.7 Å². The molecular weight excluding hydrogens is 251 g/mol. The zero-order valence-electron chi connectivity index (χ0n) is 9.67. The largest absolute Gasteiger partial charge is 0.338 e. The van der Waals surface area contributed by atoms with Gasteiger partial charge in [-0.05, 0) is 36.8 Å². The summed E-state index contributed by atoms with van der Waals surface area (Å²) in [7, 11) is 0. The van der Waals surface area contributed by atoms with Crippen molar-refractivity contribution in [1.29, 1.82) is 0 Å². The fraction of sp³-hybridized carbons (Fsp3) is 0.0714. The van der Waals surface area contributed by atoms with Gasteiger partial charge in [0.25, 0.3) is 0 Å². The Labute approximate surface area is 108 Å². The monoisotopic (exact) mass is 260 g/mol. The van der Waals surface area contributed by atoms with Crippen molar-refractivity contribution in [2.45, 2.75) is 6.92 Å². The van der Waals surface area contributed by atoms with Crippen LogP contribution in [0.1, 0.15) is 5.56 Å². The number of halogens is 2. The van der Waals surface area contributed by atoms with Gasteiger partial charge in [0.1, 0.15) is 11.6 Å². The van der Waals surface area contributed by atoms with Crippen molar-refractivity contribution in [2.24, 2.45) is 0 Å². The van der Waals surface area contributed by atoms with Crippen molar-refractivity contribution >= 4 is 22.6 Å². The summed E-state index contributed by atoms with van der Waals surface area (Å²) >= 11 is 6.05. The van der Waals surface area contributed by atoms with E-state index in [1.54, 1.807) is 24.3 Å². The van der Waals surface area contributed by atoms with Gasteiger partial charge in [-0.1, -0.05) is 23.7 Å². The molecule has 0 bridgehead atoms. The lowest BCUT2D eigenvalue weighted by Gasteiger charge is -1.97. The molecule has 0 aliphatic carbocycles. The average molecular weight is 261 g/mol. The van der Waals surface area contributed by atoms with Gasteiger partial charge in [-0.15, -0.1) is 0 Å². The first-order valence-corrected chi connectivity index (χ1v) is 5.94. The fourth-order valence-electron chi connectivity index (χ4n) is 1.92. The second-order valence-electron chi connectivity index (χ2n) is 4.18. The highest BCUT2D eigenvalue weighted by Crippen LogP contribution is 2.26. The van der Waals surface area contributed by atoms with E-state index < -0.39 is 0 Å². The van der Waals surface area contributed by atoms with Crippen LogP contribution in [0.2, 0.25) is 5.02 Å². The van der Waals surface area contributed by atoms with E-state index in [9.17, 15) is 4.39 Å². The van der Waals surface area contributed by atoms with Crippen LogP contribution in [0.4, 0.5) is 4.39 Å². The summed E-state index contributed by atoms with van der Waals surface area (Å²) in [5, 5.41) is 0.661. The molecule has 0 saturated carbocycles. The molecular formula is C14H10ClFN2. The second-order valence-corrected chi connectivity index (χ2v) is 4.59. The van der Waals surface area contributed by atoms with Crippen molar-refractivity contribution in [3.8, 4) is 11.4 Å². The summed E-state index contributed by atoms with van der Waals surface area (Å²) in [5.41, 5.74) is 3.02. The van der Waals surface area contributed by atoms with E-state index >= 15 is 0 Å². The van der Waals surface area contributed by atoms with Crippen LogP contribution in [0.15, 0.2) is 36.4 Å². The number of hydrogen-bond donors (Lipinski definition) is 1.